The first kappa shape index (κ1) is 19.8. The van der Waals surface area contributed by atoms with Gasteiger partial charge in [-0.05, 0) is 28.8 Å². The fourth-order valence-corrected chi connectivity index (χ4v) is 4.67. The Morgan fingerprint density at radius 1 is 0.710 bits per heavy atom. The number of fused-ring (bicyclic) bond motifs is 1. The van der Waals surface area contributed by atoms with E-state index in [1.165, 1.54) is 0 Å². The molecule has 0 aliphatic carbocycles. The molecule has 0 bridgehead atoms. The maximum Gasteiger partial charge on any atom is 0.162 e. The van der Waals surface area contributed by atoms with E-state index in [0.717, 1.165) is 32.4 Å². The van der Waals surface area contributed by atoms with Gasteiger partial charge in [-0.1, -0.05) is 125 Å². The predicted octanol–water partition coefficient (Wildman–Crippen LogP) is 7.18. The van der Waals surface area contributed by atoms with Gasteiger partial charge in [0.1, 0.15) is 5.60 Å². The highest BCUT2D eigenvalue weighted by molar-refractivity contribution is 9.11. The number of halogens is 1. The molecule has 5 rings (SSSR count). The summed E-state index contributed by atoms with van der Waals surface area (Å²) in [7, 11) is 0. The zero-order valence-corrected chi connectivity index (χ0v) is 18.5. The number of benzene rings is 4. The Morgan fingerprint density at radius 2 is 1.23 bits per heavy atom. The average Bonchev–Trinajstić information content (AvgIpc) is 2.85. The van der Waals surface area contributed by atoms with E-state index < -0.39 is 5.60 Å². The van der Waals surface area contributed by atoms with E-state index in [-0.39, 0.29) is 6.23 Å². The van der Waals surface area contributed by atoms with Crippen LogP contribution in [0.1, 0.15) is 22.3 Å². The number of ether oxygens (including phenoxy) is 1. The monoisotopic (exact) mass is 467 g/mol. The summed E-state index contributed by atoms with van der Waals surface area (Å²) in [5.74, 6) is 0. The van der Waals surface area contributed by atoms with Gasteiger partial charge in [-0.15, -0.1) is 0 Å². The van der Waals surface area contributed by atoms with E-state index in [0.29, 0.717) is 0 Å². The van der Waals surface area contributed by atoms with Gasteiger partial charge in [0.05, 0.1) is 0 Å². The van der Waals surface area contributed by atoms with Crippen molar-refractivity contribution in [2.45, 2.75) is 11.8 Å². The van der Waals surface area contributed by atoms with E-state index in [2.05, 4.69) is 112 Å². The highest BCUT2D eigenvalue weighted by Gasteiger charge is 2.45. The van der Waals surface area contributed by atoms with Crippen molar-refractivity contribution in [3.05, 3.63) is 142 Å². The zero-order valence-electron chi connectivity index (χ0n) is 16.9. The van der Waals surface area contributed by atoms with Crippen LogP contribution in [-0.4, -0.2) is 6.23 Å². The van der Waals surface area contributed by atoms with Crippen molar-refractivity contribution in [2.24, 2.45) is 0 Å². The predicted molar refractivity (Wildman–Crippen MR) is 131 cm³/mol. The van der Waals surface area contributed by atoms with Crippen LogP contribution in [0.4, 0.5) is 5.69 Å². The molecule has 0 aromatic heterocycles. The van der Waals surface area contributed by atoms with Crippen molar-refractivity contribution < 1.29 is 4.74 Å². The molecular weight excluding hydrogens is 446 g/mol. The van der Waals surface area contributed by atoms with E-state index in [1.807, 2.05) is 30.3 Å². The minimum atomic E-state index is -0.738. The lowest BCUT2D eigenvalue weighted by Crippen LogP contribution is -2.44. The largest absolute Gasteiger partial charge is 0.356 e. The smallest absolute Gasteiger partial charge is 0.162 e. The second kappa shape index (κ2) is 8.54. The van der Waals surface area contributed by atoms with Crippen LogP contribution in [0.15, 0.2) is 120 Å². The fraction of sp³-hybridized carbons (Fsp3) is 0.0714. The lowest BCUT2D eigenvalue weighted by Gasteiger charge is -2.44. The molecule has 2 nitrogen and oxygen atoms in total. The Hall–Kier alpha value is -3.14. The highest BCUT2D eigenvalue weighted by atomic mass is 79.9. The second-order valence-electron chi connectivity index (χ2n) is 7.54. The summed E-state index contributed by atoms with van der Waals surface area (Å²) < 4.78 is 7.92. The molecule has 4 aromatic rings. The van der Waals surface area contributed by atoms with Gasteiger partial charge in [-0.25, -0.2) is 0 Å². The first-order valence-electron chi connectivity index (χ1n) is 10.3. The molecule has 0 saturated heterocycles. The van der Waals surface area contributed by atoms with Gasteiger partial charge in [-0.3, -0.25) is 0 Å². The molecular formula is C28H22BrNO. The third-order valence-electron chi connectivity index (χ3n) is 5.60. The van der Waals surface area contributed by atoms with Gasteiger partial charge < -0.3 is 10.1 Å². The van der Waals surface area contributed by atoms with Crippen LogP contribution in [0.25, 0.3) is 6.08 Å². The summed E-state index contributed by atoms with van der Waals surface area (Å²) in [5.41, 5.74) is 4.73. The molecule has 1 aliphatic rings. The summed E-state index contributed by atoms with van der Waals surface area (Å²) in [6, 6.07) is 39.6. The summed E-state index contributed by atoms with van der Waals surface area (Å²) in [5, 5.41) is 3.57. The van der Waals surface area contributed by atoms with Crippen LogP contribution in [0.2, 0.25) is 0 Å². The molecule has 152 valence electrons. The molecule has 31 heavy (non-hydrogen) atoms. The molecule has 1 aliphatic heterocycles. The van der Waals surface area contributed by atoms with E-state index in [9.17, 15) is 0 Å². The van der Waals surface area contributed by atoms with Gasteiger partial charge in [0.25, 0.3) is 0 Å². The SMILES string of the molecule is Br/C(=C\c1ccccc1)C1Nc2ccccc2C(c2ccccc2)(c2ccccc2)O1. The maximum atomic E-state index is 6.98. The number of nitrogens with one attached hydrogen (secondary N) is 1. The molecule has 4 aromatic carbocycles. The first-order chi connectivity index (χ1) is 15.3. The quantitative estimate of drug-likeness (QED) is 0.343. The molecule has 0 spiro atoms. The molecule has 0 fully saturated rings. The molecule has 3 heteroatoms. The lowest BCUT2D eigenvalue weighted by molar-refractivity contribution is -0.0201. The molecule has 0 radical (unpaired) electrons. The van der Waals surface area contributed by atoms with Crippen molar-refractivity contribution >= 4 is 27.7 Å². The topological polar surface area (TPSA) is 21.3 Å². The Balaban J connectivity index is 1.70. The van der Waals surface area contributed by atoms with Crippen LogP contribution in [-0.2, 0) is 10.3 Å². The lowest BCUT2D eigenvalue weighted by atomic mass is 9.78. The summed E-state index contributed by atoms with van der Waals surface area (Å²) in [6.07, 6.45) is 1.75. The minimum absolute atomic E-state index is 0.351. The normalized spacial score (nSPS) is 17.5. The molecule has 1 heterocycles. The van der Waals surface area contributed by atoms with E-state index in [1.54, 1.807) is 0 Å². The van der Waals surface area contributed by atoms with Crippen molar-refractivity contribution in [1.29, 1.82) is 0 Å². The number of anilines is 1. The molecule has 1 atom stereocenters. The number of para-hydroxylation sites is 1. The van der Waals surface area contributed by atoms with Gasteiger partial charge >= 0.3 is 0 Å². The molecule has 0 amide bonds. The number of hydrogen-bond acceptors (Lipinski definition) is 2. The maximum absolute atomic E-state index is 6.98. The van der Waals surface area contributed by atoms with Gasteiger partial charge in [-0.2, -0.15) is 0 Å². The van der Waals surface area contributed by atoms with Crippen LogP contribution in [0.3, 0.4) is 0 Å². The fourth-order valence-electron chi connectivity index (χ4n) is 4.20. The first-order valence-corrected chi connectivity index (χ1v) is 11.1. The standard InChI is InChI=1S/C28H22BrNO/c29-25(20-21-12-4-1-5-13-21)27-30-26-19-11-10-18-24(26)28(31-27,22-14-6-2-7-15-22)23-16-8-3-9-17-23/h1-20,27,30H/b25-20-. The Kier molecular flexibility index (Phi) is 5.46. The third kappa shape index (κ3) is 3.71. The van der Waals surface area contributed by atoms with E-state index in [4.69, 9.17) is 4.74 Å². The Bertz CT molecular complexity index is 1150. The second-order valence-corrected chi connectivity index (χ2v) is 8.46. The summed E-state index contributed by atoms with van der Waals surface area (Å²) in [4.78, 5) is 0. The molecule has 1 unspecified atom stereocenters. The highest BCUT2D eigenvalue weighted by Crippen LogP contribution is 2.48. The van der Waals surface area contributed by atoms with Crippen molar-refractivity contribution in [3.8, 4) is 0 Å². The van der Waals surface area contributed by atoms with Gasteiger partial charge in [0, 0.05) is 15.7 Å². The van der Waals surface area contributed by atoms with Crippen molar-refractivity contribution in [2.75, 3.05) is 5.32 Å². The van der Waals surface area contributed by atoms with Crippen molar-refractivity contribution in [3.63, 3.8) is 0 Å². The van der Waals surface area contributed by atoms with Crippen molar-refractivity contribution in [1.82, 2.24) is 0 Å². The van der Waals surface area contributed by atoms with Gasteiger partial charge in [0.15, 0.2) is 6.23 Å². The van der Waals surface area contributed by atoms with Crippen LogP contribution in [0, 0.1) is 0 Å². The number of rotatable bonds is 4. The summed E-state index contributed by atoms with van der Waals surface area (Å²) >= 11 is 3.80. The number of hydrogen-bond donors (Lipinski definition) is 1. The van der Waals surface area contributed by atoms with Crippen LogP contribution in [0.5, 0.6) is 0 Å². The van der Waals surface area contributed by atoms with E-state index >= 15 is 0 Å². The van der Waals surface area contributed by atoms with Crippen LogP contribution < -0.4 is 5.32 Å². The van der Waals surface area contributed by atoms with Crippen LogP contribution >= 0.6 is 15.9 Å². The zero-order chi connectivity index (χ0) is 21.1. The molecule has 0 saturated carbocycles. The third-order valence-corrected chi connectivity index (χ3v) is 6.25. The minimum Gasteiger partial charge on any atom is -0.356 e. The Labute approximate surface area is 191 Å². The van der Waals surface area contributed by atoms with Gasteiger partial charge in [0.2, 0.25) is 0 Å². The molecule has 1 N–H and O–H groups in total. The average molecular weight is 468 g/mol. The Morgan fingerprint density at radius 3 is 1.84 bits per heavy atom. The summed E-state index contributed by atoms with van der Waals surface area (Å²) in [6.45, 7) is 0.